The molecule has 1 rings (SSSR count). The van der Waals surface area contributed by atoms with Gasteiger partial charge in [-0.15, -0.1) is 11.8 Å². The summed E-state index contributed by atoms with van der Waals surface area (Å²) in [6, 6.07) is -0.579. The van der Waals surface area contributed by atoms with Gasteiger partial charge >= 0.3 is 6.09 Å². The molecule has 0 bridgehead atoms. The van der Waals surface area contributed by atoms with Crippen molar-refractivity contribution in [1.29, 1.82) is 0 Å². The summed E-state index contributed by atoms with van der Waals surface area (Å²) in [4.78, 5) is 41.2. The number of hydrogen-bond acceptors (Lipinski definition) is 5. The topological polar surface area (TPSA) is 70.2 Å². The van der Waals surface area contributed by atoms with Gasteiger partial charge in [-0.2, -0.15) is 0 Å². The SMILES string of the molecule is CCN(CC(=O)N(C)C)C(=O)[C@H]1CSCN1C(=O)OC(C)(C)C. The predicted octanol–water partition coefficient (Wildman–Crippen LogP) is 1.23. The van der Waals surface area contributed by atoms with Gasteiger partial charge in [-0.05, 0) is 27.7 Å². The van der Waals surface area contributed by atoms with Crippen molar-refractivity contribution in [3.63, 3.8) is 0 Å². The molecule has 1 heterocycles. The zero-order chi connectivity index (χ0) is 17.8. The van der Waals surface area contributed by atoms with Crippen LogP contribution in [-0.2, 0) is 14.3 Å². The Morgan fingerprint density at radius 3 is 2.35 bits per heavy atom. The molecule has 0 saturated carbocycles. The third kappa shape index (κ3) is 5.60. The molecule has 0 radical (unpaired) electrons. The number of nitrogens with zero attached hydrogens (tertiary/aromatic N) is 3. The first-order valence-electron chi connectivity index (χ1n) is 7.63. The average molecular weight is 345 g/mol. The standard InChI is InChI=1S/C15H27N3O4S/c1-7-17(8-12(19)16(5)6)13(20)11-9-23-10-18(11)14(21)22-15(2,3)4/h11H,7-10H2,1-6H3/t11-/m1/s1. The van der Waals surface area contributed by atoms with E-state index >= 15 is 0 Å². The molecular weight excluding hydrogens is 318 g/mol. The first-order chi connectivity index (χ1) is 10.6. The van der Waals surface area contributed by atoms with Crippen molar-refractivity contribution in [2.45, 2.75) is 39.3 Å². The van der Waals surface area contributed by atoms with E-state index in [1.165, 1.54) is 26.5 Å². The maximum absolute atomic E-state index is 12.7. The fourth-order valence-electron chi connectivity index (χ4n) is 2.01. The van der Waals surface area contributed by atoms with Gasteiger partial charge in [0.1, 0.15) is 11.6 Å². The quantitative estimate of drug-likeness (QED) is 0.766. The second-order valence-electron chi connectivity index (χ2n) is 6.61. The van der Waals surface area contributed by atoms with Gasteiger partial charge in [0, 0.05) is 26.4 Å². The Morgan fingerprint density at radius 2 is 1.87 bits per heavy atom. The Hall–Kier alpha value is -1.44. The maximum atomic E-state index is 12.7. The van der Waals surface area contributed by atoms with Gasteiger partial charge in [-0.25, -0.2) is 4.79 Å². The highest BCUT2D eigenvalue weighted by molar-refractivity contribution is 7.99. The molecule has 0 N–H and O–H groups in total. The fourth-order valence-corrected chi connectivity index (χ4v) is 3.14. The number of carbonyl (C=O) groups excluding carboxylic acids is 3. The van der Waals surface area contributed by atoms with Crippen molar-refractivity contribution in [2.75, 3.05) is 38.8 Å². The van der Waals surface area contributed by atoms with Crippen LogP contribution in [0.3, 0.4) is 0 Å². The average Bonchev–Trinajstić information content (AvgIpc) is 2.91. The summed E-state index contributed by atoms with van der Waals surface area (Å²) in [7, 11) is 3.30. The fraction of sp³-hybridized carbons (Fsp3) is 0.800. The Kier molecular flexibility index (Phi) is 6.73. The van der Waals surface area contributed by atoms with Gasteiger partial charge in [0.25, 0.3) is 0 Å². The molecule has 1 aliphatic rings. The molecule has 0 aromatic carbocycles. The Labute approximate surface area is 142 Å². The van der Waals surface area contributed by atoms with Gasteiger partial charge in [-0.1, -0.05) is 0 Å². The van der Waals surface area contributed by atoms with E-state index in [-0.39, 0.29) is 18.4 Å². The minimum Gasteiger partial charge on any atom is -0.444 e. The first kappa shape index (κ1) is 19.6. The molecule has 0 spiro atoms. The van der Waals surface area contributed by atoms with Crippen LogP contribution in [0.5, 0.6) is 0 Å². The second kappa shape index (κ2) is 7.90. The van der Waals surface area contributed by atoms with Gasteiger partial charge < -0.3 is 14.5 Å². The molecule has 1 aliphatic heterocycles. The molecule has 132 valence electrons. The van der Waals surface area contributed by atoms with Crippen molar-refractivity contribution in [3.8, 4) is 0 Å². The lowest BCUT2D eigenvalue weighted by Gasteiger charge is -2.30. The van der Waals surface area contributed by atoms with Gasteiger partial charge in [0.05, 0.1) is 12.4 Å². The number of amides is 3. The largest absolute Gasteiger partial charge is 0.444 e. The summed E-state index contributed by atoms with van der Waals surface area (Å²) in [6.45, 7) is 7.63. The lowest BCUT2D eigenvalue weighted by atomic mass is 10.2. The molecule has 0 unspecified atom stereocenters. The van der Waals surface area contributed by atoms with Crippen LogP contribution >= 0.6 is 11.8 Å². The van der Waals surface area contributed by atoms with Crippen molar-refractivity contribution in [2.24, 2.45) is 0 Å². The molecule has 1 fully saturated rings. The lowest BCUT2D eigenvalue weighted by Crippen LogP contribution is -2.52. The smallest absolute Gasteiger partial charge is 0.411 e. The van der Waals surface area contributed by atoms with Crippen molar-refractivity contribution in [3.05, 3.63) is 0 Å². The molecule has 0 aliphatic carbocycles. The van der Waals surface area contributed by atoms with Gasteiger partial charge in [0.15, 0.2) is 0 Å². The predicted molar refractivity (Wildman–Crippen MR) is 90.1 cm³/mol. The molecule has 1 saturated heterocycles. The number of ether oxygens (including phenoxy) is 1. The highest BCUT2D eigenvalue weighted by Gasteiger charge is 2.39. The third-order valence-corrected chi connectivity index (χ3v) is 4.33. The van der Waals surface area contributed by atoms with E-state index in [0.717, 1.165) is 0 Å². The maximum Gasteiger partial charge on any atom is 0.411 e. The lowest BCUT2D eigenvalue weighted by molar-refractivity contribution is -0.141. The molecule has 8 heteroatoms. The second-order valence-corrected chi connectivity index (χ2v) is 7.61. The highest BCUT2D eigenvalue weighted by atomic mass is 32.2. The van der Waals surface area contributed by atoms with Gasteiger partial charge in [-0.3, -0.25) is 14.5 Å². The zero-order valence-electron chi connectivity index (χ0n) is 14.8. The zero-order valence-corrected chi connectivity index (χ0v) is 15.6. The van der Waals surface area contributed by atoms with Crippen LogP contribution in [0.4, 0.5) is 4.79 Å². The summed E-state index contributed by atoms with van der Waals surface area (Å²) in [5, 5.41) is 0. The Morgan fingerprint density at radius 1 is 1.26 bits per heavy atom. The highest BCUT2D eigenvalue weighted by Crippen LogP contribution is 2.25. The van der Waals surface area contributed by atoms with Crippen LogP contribution in [0.2, 0.25) is 0 Å². The van der Waals surface area contributed by atoms with E-state index < -0.39 is 17.7 Å². The summed E-state index contributed by atoms with van der Waals surface area (Å²) in [6.07, 6.45) is -0.490. The molecule has 7 nitrogen and oxygen atoms in total. The van der Waals surface area contributed by atoms with Crippen LogP contribution in [0.1, 0.15) is 27.7 Å². The van der Waals surface area contributed by atoms with Crippen LogP contribution in [0, 0.1) is 0 Å². The number of hydrogen-bond donors (Lipinski definition) is 0. The number of thioether (sulfide) groups is 1. The number of likely N-dealkylation sites (N-methyl/N-ethyl adjacent to an activating group) is 2. The third-order valence-electron chi connectivity index (χ3n) is 3.31. The number of carbonyl (C=O) groups is 3. The van der Waals surface area contributed by atoms with E-state index in [2.05, 4.69) is 0 Å². The van der Waals surface area contributed by atoms with Crippen LogP contribution in [0.15, 0.2) is 0 Å². The molecular formula is C15H27N3O4S. The summed E-state index contributed by atoms with van der Waals surface area (Å²) < 4.78 is 5.36. The van der Waals surface area contributed by atoms with E-state index in [4.69, 9.17) is 4.74 Å². The van der Waals surface area contributed by atoms with Crippen LogP contribution in [-0.4, -0.2) is 83.1 Å². The molecule has 0 aromatic heterocycles. The minimum absolute atomic E-state index is 0.0195. The first-order valence-corrected chi connectivity index (χ1v) is 8.78. The van der Waals surface area contributed by atoms with E-state index in [1.54, 1.807) is 34.9 Å². The Bertz CT molecular complexity index is 462. The molecule has 3 amide bonds. The van der Waals surface area contributed by atoms with E-state index in [9.17, 15) is 14.4 Å². The van der Waals surface area contributed by atoms with Gasteiger partial charge in [0.2, 0.25) is 11.8 Å². The van der Waals surface area contributed by atoms with E-state index in [1.807, 2.05) is 6.92 Å². The Balaban J connectivity index is 2.79. The molecule has 0 aromatic rings. The van der Waals surface area contributed by atoms with E-state index in [0.29, 0.717) is 18.2 Å². The van der Waals surface area contributed by atoms with Crippen molar-refractivity contribution >= 4 is 29.7 Å². The molecule has 1 atom stereocenters. The van der Waals surface area contributed by atoms with Crippen molar-refractivity contribution < 1.29 is 19.1 Å². The number of rotatable bonds is 4. The monoisotopic (exact) mass is 345 g/mol. The van der Waals surface area contributed by atoms with Crippen molar-refractivity contribution in [1.82, 2.24) is 14.7 Å². The summed E-state index contributed by atoms with van der Waals surface area (Å²) >= 11 is 1.51. The van der Waals surface area contributed by atoms with Crippen LogP contribution < -0.4 is 0 Å². The summed E-state index contributed by atoms with van der Waals surface area (Å²) in [5.74, 6) is 0.586. The molecule has 23 heavy (non-hydrogen) atoms. The normalized spacial score (nSPS) is 17.8. The minimum atomic E-state index is -0.608. The van der Waals surface area contributed by atoms with Crippen LogP contribution in [0.25, 0.3) is 0 Å². The summed E-state index contributed by atoms with van der Waals surface area (Å²) in [5.41, 5.74) is -0.608.